The number of nitrogens with zero attached hydrogens (tertiary/aromatic N) is 2. The predicted molar refractivity (Wildman–Crippen MR) is 141 cm³/mol. The van der Waals surface area contributed by atoms with Gasteiger partial charge in [-0.05, 0) is 88.6 Å². The van der Waals surface area contributed by atoms with Crippen LogP contribution in [0.3, 0.4) is 0 Å². The van der Waals surface area contributed by atoms with Crippen molar-refractivity contribution in [3.8, 4) is 0 Å². The van der Waals surface area contributed by atoms with Gasteiger partial charge in [0.2, 0.25) is 0 Å². The lowest BCUT2D eigenvalue weighted by molar-refractivity contribution is 0.0924. The maximum Gasteiger partial charge on any atom is 0.251 e. The Morgan fingerprint density at radius 3 is 2.22 bits per heavy atom. The molecule has 2 bridgehead atoms. The lowest BCUT2D eigenvalue weighted by Crippen LogP contribution is -2.50. The Morgan fingerprint density at radius 2 is 1.62 bits per heavy atom. The van der Waals surface area contributed by atoms with Gasteiger partial charge >= 0.3 is 0 Å². The second-order valence-electron chi connectivity index (χ2n) is 10.7. The van der Waals surface area contributed by atoms with Crippen LogP contribution in [0.5, 0.6) is 0 Å². The van der Waals surface area contributed by atoms with Gasteiger partial charge in [-0.25, -0.2) is 4.98 Å². The quantitative estimate of drug-likeness (QED) is 0.425. The number of ketones is 1. The van der Waals surface area contributed by atoms with Gasteiger partial charge in [0.05, 0.1) is 11.7 Å². The summed E-state index contributed by atoms with van der Waals surface area (Å²) in [5.74, 6) is 0.178. The van der Waals surface area contributed by atoms with Crippen LogP contribution in [-0.2, 0) is 0 Å². The summed E-state index contributed by atoms with van der Waals surface area (Å²) < 4.78 is 0. The number of Topliss-reactive ketones (excluding diaryl/α,β-unsaturated/α-hetero) is 1. The molecule has 3 heterocycles. The van der Waals surface area contributed by atoms with Crippen molar-refractivity contribution in [3.63, 3.8) is 0 Å². The van der Waals surface area contributed by atoms with Crippen molar-refractivity contribution in [1.82, 2.24) is 10.3 Å². The Labute approximate surface area is 216 Å². The molecule has 1 saturated carbocycles. The summed E-state index contributed by atoms with van der Waals surface area (Å²) in [6, 6.07) is 9.46. The maximum absolute atomic E-state index is 13.2. The predicted octanol–water partition coefficient (Wildman–Crippen LogP) is 3.03. The topological polar surface area (TPSA) is 138 Å². The Morgan fingerprint density at radius 1 is 0.946 bits per heavy atom. The molecule has 9 nitrogen and oxygen atoms in total. The number of piperidine rings is 1. The van der Waals surface area contributed by atoms with E-state index in [0.29, 0.717) is 35.2 Å². The van der Waals surface area contributed by atoms with E-state index >= 15 is 0 Å². The van der Waals surface area contributed by atoms with Gasteiger partial charge in [-0.15, -0.1) is 0 Å². The van der Waals surface area contributed by atoms with Gasteiger partial charge in [-0.1, -0.05) is 0 Å². The van der Waals surface area contributed by atoms with Crippen molar-refractivity contribution in [3.05, 3.63) is 53.2 Å². The van der Waals surface area contributed by atoms with E-state index in [4.69, 9.17) is 5.73 Å². The van der Waals surface area contributed by atoms with Crippen molar-refractivity contribution in [1.29, 1.82) is 0 Å². The first-order valence-corrected chi connectivity index (χ1v) is 13.2. The van der Waals surface area contributed by atoms with Crippen molar-refractivity contribution in [2.75, 3.05) is 10.2 Å². The summed E-state index contributed by atoms with van der Waals surface area (Å²) in [6.07, 6.45) is 8.12. The van der Waals surface area contributed by atoms with E-state index in [-0.39, 0.29) is 42.0 Å². The number of hydrogen-bond acceptors (Lipinski definition) is 7. The van der Waals surface area contributed by atoms with E-state index < -0.39 is 5.91 Å². The van der Waals surface area contributed by atoms with E-state index in [1.165, 1.54) is 6.92 Å². The standard InChI is InChI=1S/C28H35N5O4/c1-16(34)18-3-11-26(30-15-18)33-21-6-7-22(33)14-20(13-21)32-28(37)17-2-10-24(27(29)36)25(12-17)31-19-4-8-23(35)9-5-19/h2-3,10-12,15,19-23,31,35H,4-9,13-14H2,1H3,(H2,29,36)(H,32,37)/t19-,20?,21?,22?,23-. The molecule has 196 valence electrons. The molecule has 2 aliphatic heterocycles. The van der Waals surface area contributed by atoms with Crippen molar-refractivity contribution in [2.24, 2.45) is 5.73 Å². The van der Waals surface area contributed by atoms with Crippen molar-refractivity contribution in [2.45, 2.75) is 88.6 Å². The highest BCUT2D eigenvalue weighted by Gasteiger charge is 2.41. The van der Waals surface area contributed by atoms with Crippen LogP contribution >= 0.6 is 0 Å². The van der Waals surface area contributed by atoms with E-state index in [0.717, 1.165) is 44.3 Å². The molecule has 2 atom stereocenters. The molecule has 5 rings (SSSR count). The Hall–Kier alpha value is -3.46. The number of aliphatic hydroxyl groups excluding tert-OH is 1. The van der Waals surface area contributed by atoms with Gasteiger partial charge in [0.15, 0.2) is 5.78 Å². The first kappa shape index (κ1) is 25.2. The summed E-state index contributed by atoms with van der Waals surface area (Å²) in [5.41, 5.74) is 7.61. The number of fused-ring (bicyclic) bond motifs is 2. The number of hydrogen-bond donors (Lipinski definition) is 4. The minimum Gasteiger partial charge on any atom is -0.393 e. The minimum atomic E-state index is -0.542. The molecule has 2 unspecified atom stereocenters. The minimum absolute atomic E-state index is 0.00296. The van der Waals surface area contributed by atoms with Crippen molar-refractivity contribution >= 4 is 29.1 Å². The highest BCUT2D eigenvalue weighted by Crippen LogP contribution is 2.38. The van der Waals surface area contributed by atoms with Gasteiger partial charge in [0.25, 0.3) is 11.8 Å². The Kier molecular flexibility index (Phi) is 7.15. The monoisotopic (exact) mass is 505 g/mol. The fourth-order valence-corrected chi connectivity index (χ4v) is 6.14. The van der Waals surface area contributed by atoms with Crippen LogP contribution in [0.1, 0.15) is 89.4 Å². The zero-order valence-electron chi connectivity index (χ0n) is 21.2. The fraction of sp³-hybridized carbons (Fsp3) is 0.500. The van der Waals surface area contributed by atoms with Gasteiger partial charge in [-0.3, -0.25) is 14.4 Å². The number of benzene rings is 1. The number of carbonyl (C=O) groups excluding carboxylic acids is 3. The number of nitrogens with one attached hydrogen (secondary N) is 2. The average Bonchev–Trinajstić information content (AvgIpc) is 3.15. The normalized spacial score (nSPS) is 27.0. The van der Waals surface area contributed by atoms with Crippen LogP contribution in [0, 0.1) is 0 Å². The third kappa shape index (κ3) is 5.46. The molecule has 5 N–H and O–H groups in total. The molecule has 3 fully saturated rings. The average molecular weight is 506 g/mol. The highest BCUT2D eigenvalue weighted by atomic mass is 16.3. The van der Waals surface area contributed by atoms with Crippen LogP contribution < -0.4 is 21.3 Å². The molecule has 9 heteroatoms. The number of pyridine rings is 1. The molecular weight excluding hydrogens is 470 g/mol. The molecule has 1 aromatic heterocycles. The molecule has 0 spiro atoms. The smallest absolute Gasteiger partial charge is 0.251 e. The first-order valence-electron chi connectivity index (χ1n) is 13.2. The summed E-state index contributed by atoms with van der Waals surface area (Å²) in [6.45, 7) is 1.54. The van der Waals surface area contributed by atoms with Crippen LogP contribution in [0.2, 0.25) is 0 Å². The van der Waals surface area contributed by atoms with Gasteiger partial charge in [0, 0.05) is 47.2 Å². The molecule has 37 heavy (non-hydrogen) atoms. The molecule has 1 aromatic carbocycles. The third-order valence-electron chi connectivity index (χ3n) is 8.09. The summed E-state index contributed by atoms with van der Waals surface area (Å²) >= 11 is 0. The summed E-state index contributed by atoms with van der Waals surface area (Å²) in [5, 5.41) is 16.4. The van der Waals surface area contributed by atoms with Gasteiger partial charge < -0.3 is 26.4 Å². The number of rotatable bonds is 7. The Bertz CT molecular complexity index is 1160. The number of aromatic nitrogens is 1. The first-order chi connectivity index (χ1) is 17.8. The largest absolute Gasteiger partial charge is 0.393 e. The second-order valence-corrected chi connectivity index (χ2v) is 10.7. The lowest BCUT2D eigenvalue weighted by atomic mass is 9.92. The fourth-order valence-electron chi connectivity index (χ4n) is 6.14. The van der Waals surface area contributed by atoms with Crippen molar-refractivity contribution < 1.29 is 19.5 Å². The van der Waals surface area contributed by atoms with E-state index in [1.54, 1.807) is 24.4 Å². The third-order valence-corrected chi connectivity index (χ3v) is 8.09. The van der Waals surface area contributed by atoms with Crippen LogP contribution in [0.4, 0.5) is 11.5 Å². The van der Waals surface area contributed by atoms with E-state index in [1.807, 2.05) is 12.1 Å². The molecule has 2 amide bonds. The number of nitrogens with two attached hydrogens (primary N) is 1. The van der Waals surface area contributed by atoms with Crippen LogP contribution in [-0.4, -0.2) is 58.0 Å². The Balaban J connectivity index is 1.25. The SMILES string of the molecule is CC(=O)c1ccc(N2C3CCC2CC(NC(=O)c2ccc(C(N)=O)c(N[C@H]4CC[C@H](O)CC4)c2)C3)nc1. The maximum atomic E-state index is 13.2. The van der Waals surface area contributed by atoms with Gasteiger partial charge in [-0.2, -0.15) is 0 Å². The number of anilines is 2. The van der Waals surface area contributed by atoms with E-state index in [9.17, 15) is 19.5 Å². The zero-order chi connectivity index (χ0) is 26.1. The second kappa shape index (κ2) is 10.5. The lowest BCUT2D eigenvalue weighted by Gasteiger charge is -2.40. The number of amides is 2. The van der Waals surface area contributed by atoms with E-state index in [2.05, 4.69) is 20.5 Å². The number of aliphatic hydroxyl groups is 1. The van der Waals surface area contributed by atoms with Crippen LogP contribution in [0.15, 0.2) is 36.5 Å². The summed E-state index contributed by atoms with van der Waals surface area (Å²) in [4.78, 5) is 43.7. The molecule has 2 saturated heterocycles. The molecule has 3 aliphatic rings. The summed E-state index contributed by atoms with van der Waals surface area (Å²) in [7, 11) is 0. The zero-order valence-corrected chi connectivity index (χ0v) is 21.2. The molecule has 1 aliphatic carbocycles. The number of carbonyl (C=O) groups is 3. The van der Waals surface area contributed by atoms with Gasteiger partial charge in [0.1, 0.15) is 5.82 Å². The number of primary amides is 1. The molecule has 2 aromatic rings. The van der Waals surface area contributed by atoms with Crippen LogP contribution in [0.25, 0.3) is 0 Å². The highest BCUT2D eigenvalue weighted by molar-refractivity contribution is 6.02. The molecule has 0 radical (unpaired) electrons. The molecular formula is C28H35N5O4.